The molecule has 0 bridgehead atoms. The van der Waals surface area contributed by atoms with Crippen LogP contribution in [0.3, 0.4) is 0 Å². The molecular formula is C23H26N2O3S. The summed E-state index contributed by atoms with van der Waals surface area (Å²) in [4.78, 5) is 13.8. The predicted octanol–water partition coefficient (Wildman–Crippen LogP) is 5.45. The second-order valence-electron chi connectivity index (χ2n) is 7.40. The molecule has 0 amide bonds. The number of benzene rings is 1. The molecule has 0 radical (unpaired) electrons. The fourth-order valence-electron chi connectivity index (χ4n) is 3.94. The number of carbonyl (C=O) groups excluding carboxylic acids is 1. The van der Waals surface area contributed by atoms with Crippen LogP contribution in [0, 0.1) is 0 Å². The number of thiophene rings is 1. The SMILES string of the molecule is CCOC(=O)c1cc(-c2cccs2)c2n1CCc1cc(OC)c(NC(C)C)cc1-2. The van der Waals surface area contributed by atoms with Crippen LogP contribution in [0.4, 0.5) is 5.69 Å². The molecule has 0 fully saturated rings. The van der Waals surface area contributed by atoms with Crippen LogP contribution in [0.1, 0.15) is 36.8 Å². The van der Waals surface area contributed by atoms with Crippen LogP contribution in [-0.4, -0.2) is 30.3 Å². The molecule has 0 unspecified atom stereocenters. The lowest BCUT2D eigenvalue weighted by molar-refractivity contribution is 0.0514. The van der Waals surface area contributed by atoms with Crippen LogP contribution in [0.15, 0.2) is 35.7 Å². The van der Waals surface area contributed by atoms with Crippen molar-refractivity contribution < 1.29 is 14.3 Å². The number of nitrogens with zero attached hydrogens (tertiary/aromatic N) is 1. The molecule has 1 aliphatic rings. The van der Waals surface area contributed by atoms with Gasteiger partial charge in [0.25, 0.3) is 0 Å². The summed E-state index contributed by atoms with van der Waals surface area (Å²) >= 11 is 1.68. The van der Waals surface area contributed by atoms with Crippen LogP contribution in [0.5, 0.6) is 5.75 Å². The van der Waals surface area contributed by atoms with Gasteiger partial charge in [0.15, 0.2) is 0 Å². The van der Waals surface area contributed by atoms with E-state index in [0.717, 1.165) is 46.1 Å². The maximum Gasteiger partial charge on any atom is 0.354 e. The second kappa shape index (κ2) is 7.95. The van der Waals surface area contributed by atoms with E-state index in [9.17, 15) is 4.79 Å². The Hall–Kier alpha value is -2.73. The highest BCUT2D eigenvalue weighted by Gasteiger charge is 2.28. The third-order valence-corrected chi connectivity index (χ3v) is 6.00. The number of aryl methyl sites for hydroxylation is 1. The molecule has 4 rings (SSSR count). The van der Waals surface area contributed by atoms with Gasteiger partial charge in [0, 0.05) is 28.6 Å². The van der Waals surface area contributed by atoms with E-state index in [4.69, 9.17) is 9.47 Å². The Morgan fingerprint density at radius 2 is 2.10 bits per heavy atom. The first-order chi connectivity index (χ1) is 14.0. The summed E-state index contributed by atoms with van der Waals surface area (Å²) in [6, 6.07) is 10.7. The number of hydrogen-bond donors (Lipinski definition) is 1. The number of carbonyl (C=O) groups is 1. The number of anilines is 1. The van der Waals surface area contributed by atoms with E-state index in [2.05, 4.69) is 47.3 Å². The molecule has 1 aromatic carbocycles. The van der Waals surface area contributed by atoms with Crippen molar-refractivity contribution in [2.45, 2.75) is 39.8 Å². The van der Waals surface area contributed by atoms with Crippen LogP contribution in [0.25, 0.3) is 21.7 Å². The molecule has 152 valence electrons. The molecule has 3 heterocycles. The quantitative estimate of drug-likeness (QED) is 0.550. The molecular weight excluding hydrogens is 384 g/mol. The van der Waals surface area contributed by atoms with E-state index in [-0.39, 0.29) is 12.0 Å². The Kier molecular flexibility index (Phi) is 5.37. The lowest BCUT2D eigenvalue weighted by atomic mass is 9.94. The summed E-state index contributed by atoms with van der Waals surface area (Å²) in [5.74, 6) is 0.579. The van der Waals surface area contributed by atoms with Gasteiger partial charge < -0.3 is 19.4 Å². The topological polar surface area (TPSA) is 52.5 Å². The smallest absolute Gasteiger partial charge is 0.354 e. The van der Waals surface area contributed by atoms with Crippen molar-refractivity contribution in [2.24, 2.45) is 0 Å². The van der Waals surface area contributed by atoms with Crippen molar-refractivity contribution in [2.75, 3.05) is 19.0 Å². The van der Waals surface area contributed by atoms with E-state index >= 15 is 0 Å². The maximum atomic E-state index is 12.7. The fraction of sp³-hybridized carbons (Fsp3) is 0.348. The normalized spacial score (nSPS) is 12.4. The minimum absolute atomic E-state index is 0.269. The molecule has 6 heteroatoms. The van der Waals surface area contributed by atoms with Gasteiger partial charge in [0.2, 0.25) is 0 Å². The number of ether oxygens (including phenoxy) is 2. The third-order valence-electron chi connectivity index (χ3n) is 5.10. The number of methoxy groups -OCH3 is 1. The van der Waals surface area contributed by atoms with Crippen molar-refractivity contribution in [1.82, 2.24) is 4.57 Å². The van der Waals surface area contributed by atoms with Crippen molar-refractivity contribution in [1.29, 1.82) is 0 Å². The van der Waals surface area contributed by atoms with Crippen LogP contribution >= 0.6 is 11.3 Å². The zero-order valence-electron chi connectivity index (χ0n) is 17.2. The zero-order chi connectivity index (χ0) is 20.5. The second-order valence-corrected chi connectivity index (χ2v) is 8.35. The largest absolute Gasteiger partial charge is 0.495 e. The van der Waals surface area contributed by atoms with E-state index < -0.39 is 0 Å². The monoisotopic (exact) mass is 410 g/mol. The fourth-order valence-corrected chi connectivity index (χ4v) is 4.68. The Labute approximate surface area is 175 Å². The molecule has 0 atom stereocenters. The van der Waals surface area contributed by atoms with Gasteiger partial charge in [-0.3, -0.25) is 0 Å². The maximum absolute atomic E-state index is 12.7. The summed E-state index contributed by atoms with van der Waals surface area (Å²) in [7, 11) is 1.70. The molecule has 5 nitrogen and oxygen atoms in total. The number of fused-ring (bicyclic) bond motifs is 3. The van der Waals surface area contributed by atoms with Gasteiger partial charge in [-0.2, -0.15) is 0 Å². The van der Waals surface area contributed by atoms with Crippen molar-refractivity contribution in [3.63, 3.8) is 0 Å². The number of rotatable bonds is 6. The molecule has 0 spiro atoms. The summed E-state index contributed by atoms with van der Waals surface area (Å²) < 4.78 is 13.1. The Morgan fingerprint density at radius 1 is 1.28 bits per heavy atom. The molecule has 1 N–H and O–H groups in total. The van der Waals surface area contributed by atoms with E-state index in [1.165, 1.54) is 5.56 Å². The first-order valence-corrected chi connectivity index (χ1v) is 10.8. The standard InChI is InChI=1S/C23H26N2O3S/c1-5-28-23(26)19-13-17(21-7-6-10-29-21)22-16-12-18(24-14(2)3)20(27-4)11-15(16)8-9-25(19)22/h6-7,10-14,24H,5,8-9H2,1-4H3. The average Bonchev–Trinajstić information content (AvgIpc) is 3.35. The van der Waals surface area contributed by atoms with Gasteiger partial charge in [-0.05, 0) is 62.4 Å². The van der Waals surface area contributed by atoms with Gasteiger partial charge in [0.05, 0.1) is 25.1 Å². The Balaban J connectivity index is 1.94. The Morgan fingerprint density at radius 3 is 2.76 bits per heavy atom. The molecule has 0 saturated heterocycles. The number of aromatic nitrogens is 1. The first-order valence-electron chi connectivity index (χ1n) is 9.95. The molecule has 3 aromatic rings. The summed E-state index contributed by atoms with van der Waals surface area (Å²) in [6.07, 6.45) is 0.839. The van der Waals surface area contributed by atoms with Gasteiger partial charge in [-0.15, -0.1) is 11.3 Å². The molecule has 0 saturated carbocycles. The van der Waals surface area contributed by atoms with Crippen LogP contribution in [0.2, 0.25) is 0 Å². The van der Waals surface area contributed by atoms with Crippen LogP contribution < -0.4 is 10.1 Å². The highest BCUT2D eigenvalue weighted by Crippen LogP contribution is 2.44. The average molecular weight is 411 g/mol. The van der Waals surface area contributed by atoms with Gasteiger partial charge in [-0.1, -0.05) is 6.07 Å². The highest BCUT2D eigenvalue weighted by molar-refractivity contribution is 7.13. The summed E-state index contributed by atoms with van der Waals surface area (Å²) in [5, 5.41) is 5.55. The summed E-state index contributed by atoms with van der Waals surface area (Å²) in [6.45, 7) is 7.16. The van der Waals surface area contributed by atoms with Gasteiger partial charge in [-0.25, -0.2) is 4.79 Å². The zero-order valence-corrected chi connectivity index (χ0v) is 18.1. The summed E-state index contributed by atoms with van der Waals surface area (Å²) in [5.41, 5.74) is 6.10. The minimum Gasteiger partial charge on any atom is -0.495 e. The number of nitrogens with one attached hydrogen (secondary N) is 1. The lowest BCUT2D eigenvalue weighted by Gasteiger charge is -2.25. The Bertz CT molecular complexity index is 1040. The lowest BCUT2D eigenvalue weighted by Crippen LogP contribution is -2.18. The van der Waals surface area contributed by atoms with E-state index in [1.807, 2.05) is 19.1 Å². The van der Waals surface area contributed by atoms with Gasteiger partial charge in [0.1, 0.15) is 11.4 Å². The van der Waals surface area contributed by atoms with Crippen LogP contribution in [-0.2, 0) is 17.7 Å². The van der Waals surface area contributed by atoms with Crippen molar-refractivity contribution in [3.8, 4) is 27.4 Å². The van der Waals surface area contributed by atoms with E-state index in [1.54, 1.807) is 18.4 Å². The van der Waals surface area contributed by atoms with Gasteiger partial charge >= 0.3 is 5.97 Å². The predicted molar refractivity (Wildman–Crippen MR) is 118 cm³/mol. The molecule has 29 heavy (non-hydrogen) atoms. The van der Waals surface area contributed by atoms with Crippen molar-refractivity contribution >= 4 is 23.0 Å². The molecule has 2 aromatic heterocycles. The molecule has 0 aliphatic carbocycles. The van der Waals surface area contributed by atoms with Crippen molar-refractivity contribution in [3.05, 3.63) is 47.0 Å². The highest BCUT2D eigenvalue weighted by atomic mass is 32.1. The first kappa shape index (κ1) is 19.6. The number of esters is 1. The number of hydrogen-bond acceptors (Lipinski definition) is 5. The molecule has 1 aliphatic heterocycles. The minimum atomic E-state index is -0.269. The van der Waals surface area contributed by atoms with E-state index in [0.29, 0.717) is 12.3 Å². The third kappa shape index (κ3) is 3.53.